The van der Waals surface area contributed by atoms with E-state index in [1.165, 1.54) is 19.3 Å². The molecule has 2 rings (SSSR count). The Balaban J connectivity index is 1.96. The standard InChI is InChI=1S/C22H34ClN3O2/c1-5-22(3,4)25-21(28)18-13-12-16(14-19(18)23)24-15-20(27)26(6-2)17-10-8-7-9-11-17/h12-14,17,24H,5-11,15H2,1-4H3,(H,25,28). The van der Waals surface area contributed by atoms with E-state index in [1.807, 2.05) is 32.6 Å². The third-order valence-electron chi connectivity index (χ3n) is 5.67. The van der Waals surface area contributed by atoms with E-state index in [-0.39, 0.29) is 23.9 Å². The average Bonchev–Trinajstić information content (AvgIpc) is 2.67. The highest BCUT2D eigenvalue weighted by Gasteiger charge is 2.24. The highest BCUT2D eigenvalue weighted by molar-refractivity contribution is 6.34. The number of benzene rings is 1. The molecule has 0 heterocycles. The molecule has 1 aliphatic carbocycles. The molecule has 6 heteroatoms. The number of carbonyl (C=O) groups is 2. The molecule has 0 saturated heterocycles. The van der Waals surface area contributed by atoms with E-state index in [4.69, 9.17) is 11.6 Å². The van der Waals surface area contributed by atoms with E-state index in [0.29, 0.717) is 16.6 Å². The van der Waals surface area contributed by atoms with Crippen LogP contribution in [0, 0.1) is 0 Å². The van der Waals surface area contributed by atoms with Gasteiger partial charge in [0, 0.05) is 23.8 Å². The van der Waals surface area contributed by atoms with Gasteiger partial charge in [-0.2, -0.15) is 0 Å². The smallest absolute Gasteiger partial charge is 0.253 e. The van der Waals surface area contributed by atoms with Gasteiger partial charge in [0.25, 0.3) is 5.91 Å². The van der Waals surface area contributed by atoms with Crippen molar-refractivity contribution in [1.82, 2.24) is 10.2 Å². The predicted octanol–water partition coefficient (Wildman–Crippen LogP) is 4.85. The Kier molecular flexibility index (Phi) is 8.17. The number of amides is 2. The lowest BCUT2D eigenvalue weighted by Gasteiger charge is -2.33. The number of nitrogens with zero attached hydrogens (tertiary/aromatic N) is 1. The van der Waals surface area contributed by atoms with Gasteiger partial charge in [0.05, 0.1) is 17.1 Å². The van der Waals surface area contributed by atoms with Crippen LogP contribution in [0.5, 0.6) is 0 Å². The minimum atomic E-state index is -0.285. The molecule has 1 fully saturated rings. The average molecular weight is 408 g/mol. The summed E-state index contributed by atoms with van der Waals surface area (Å²) in [4.78, 5) is 27.1. The highest BCUT2D eigenvalue weighted by atomic mass is 35.5. The van der Waals surface area contributed by atoms with Crippen LogP contribution in [0.3, 0.4) is 0 Å². The molecule has 28 heavy (non-hydrogen) atoms. The number of carbonyl (C=O) groups excluding carboxylic acids is 2. The normalized spacial score (nSPS) is 15.2. The van der Waals surface area contributed by atoms with Crippen LogP contribution in [-0.4, -0.2) is 41.4 Å². The second kappa shape index (κ2) is 10.1. The lowest BCUT2D eigenvalue weighted by Crippen LogP contribution is -2.44. The first-order valence-electron chi connectivity index (χ1n) is 10.4. The minimum absolute atomic E-state index is 0.108. The van der Waals surface area contributed by atoms with Gasteiger partial charge in [-0.05, 0) is 58.2 Å². The van der Waals surface area contributed by atoms with E-state index in [1.54, 1.807) is 18.2 Å². The maximum atomic E-state index is 12.7. The molecule has 0 radical (unpaired) electrons. The summed E-state index contributed by atoms with van der Waals surface area (Å²) in [6.07, 6.45) is 6.71. The van der Waals surface area contributed by atoms with Gasteiger partial charge in [-0.3, -0.25) is 9.59 Å². The largest absolute Gasteiger partial charge is 0.376 e. The Morgan fingerprint density at radius 1 is 1.18 bits per heavy atom. The number of hydrogen-bond acceptors (Lipinski definition) is 3. The van der Waals surface area contributed by atoms with Crippen molar-refractivity contribution in [3.63, 3.8) is 0 Å². The van der Waals surface area contributed by atoms with E-state index in [0.717, 1.165) is 31.5 Å². The van der Waals surface area contributed by atoms with Gasteiger partial charge >= 0.3 is 0 Å². The molecule has 0 bridgehead atoms. The predicted molar refractivity (Wildman–Crippen MR) is 116 cm³/mol. The summed E-state index contributed by atoms with van der Waals surface area (Å²) >= 11 is 6.33. The Bertz CT molecular complexity index is 684. The molecule has 156 valence electrons. The molecular weight excluding hydrogens is 374 g/mol. The Labute approximate surface area is 174 Å². The molecule has 1 aromatic rings. The molecule has 0 spiro atoms. The fourth-order valence-corrected chi connectivity index (χ4v) is 3.85. The first-order valence-corrected chi connectivity index (χ1v) is 10.8. The van der Waals surface area contributed by atoms with Crippen LogP contribution in [-0.2, 0) is 4.79 Å². The molecule has 2 N–H and O–H groups in total. The summed E-state index contributed by atoms with van der Waals surface area (Å²) in [5, 5.41) is 6.52. The number of nitrogens with one attached hydrogen (secondary N) is 2. The van der Waals surface area contributed by atoms with Gasteiger partial charge in [-0.15, -0.1) is 0 Å². The first-order chi connectivity index (χ1) is 13.3. The van der Waals surface area contributed by atoms with Crippen molar-refractivity contribution < 1.29 is 9.59 Å². The van der Waals surface area contributed by atoms with Crippen molar-refractivity contribution in [2.75, 3.05) is 18.4 Å². The summed E-state index contributed by atoms with van der Waals surface area (Å²) in [6, 6.07) is 5.57. The second-order valence-corrected chi connectivity index (χ2v) is 8.62. The van der Waals surface area contributed by atoms with Crippen molar-refractivity contribution in [2.45, 2.75) is 77.8 Å². The van der Waals surface area contributed by atoms with Crippen molar-refractivity contribution in [3.05, 3.63) is 28.8 Å². The van der Waals surface area contributed by atoms with Crippen LogP contribution >= 0.6 is 11.6 Å². The molecule has 0 unspecified atom stereocenters. The van der Waals surface area contributed by atoms with Crippen molar-refractivity contribution >= 4 is 29.1 Å². The van der Waals surface area contributed by atoms with E-state index in [9.17, 15) is 9.59 Å². The van der Waals surface area contributed by atoms with Gasteiger partial charge in [-0.1, -0.05) is 37.8 Å². The molecule has 2 amide bonds. The number of rotatable bonds is 8. The third kappa shape index (κ3) is 6.13. The molecule has 1 saturated carbocycles. The fraction of sp³-hybridized carbons (Fsp3) is 0.636. The van der Waals surface area contributed by atoms with E-state index >= 15 is 0 Å². The number of hydrogen-bond donors (Lipinski definition) is 2. The Morgan fingerprint density at radius 2 is 1.86 bits per heavy atom. The number of anilines is 1. The van der Waals surface area contributed by atoms with Gasteiger partial charge in [0.15, 0.2) is 0 Å². The summed E-state index contributed by atoms with van der Waals surface area (Å²) < 4.78 is 0. The molecule has 1 aromatic carbocycles. The summed E-state index contributed by atoms with van der Waals surface area (Å²) in [6.45, 7) is 8.99. The zero-order valence-electron chi connectivity index (χ0n) is 17.6. The third-order valence-corrected chi connectivity index (χ3v) is 5.98. The SMILES string of the molecule is CCN(C(=O)CNc1ccc(C(=O)NC(C)(C)CC)c(Cl)c1)C1CCCCC1. The molecule has 0 aromatic heterocycles. The zero-order valence-corrected chi connectivity index (χ0v) is 18.4. The van der Waals surface area contributed by atoms with Crippen LogP contribution in [0.4, 0.5) is 5.69 Å². The molecular formula is C22H34ClN3O2. The van der Waals surface area contributed by atoms with Crippen LogP contribution < -0.4 is 10.6 Å². The first kappa shape index (κ1) is 22.5. The molecule has 0 atom stereocenters. The van der Waals surface area contributed by atoms with Gasteiger partial charge < -0.3 is 15.5 Å². The second-order valence-electron chi connectivity index (χ2n) is 8.21. The topological polar surface area (TPSA) is 61.4 Å². The van der Waals surface area contributed by atoms with Gasteiger partial charge in [-0.25, -0.2) is 0 Å². The summed E-state index contributed by atoms with van der Waals surface area (Å²) in [7, 11) is 0. The van der Waals surface area contributed by atoms with E-state index in [2.05, 4.69) is 10.6 Å². The summed E-state index contributed by atoms with van der Waals surface area (Å²) in [5.74, 6) is -0.0778. The van der Waals surface area contributed by atoms with Crippen molar-refractivity contribution in [1.29, 1.82) is 0 Å². The Hall–Kier alpha value is -1.75. The van der Waals surface area contributed by atoms with Gasteiger partial charge in [0.1, 0.15) is 0 Å². The van der Waals surface area contributed by atoms with Crippen molar-refractivity contribution in [2.24, 2.45) is 0 Å². The van der Waals surface area contributed by atoms with Crippen LogP contribution in [0.2, 0.25) is 5.02 Å². The minimum Gasteiger partial charge on any atom is -0.376 e. The number of likely N-dealkylation sites (N-methyl/N-ethyl adjacent to an activating group) is 1. The Morgan fingerprint density at radius 3 is 2.43 bits per heavy atom. The number of halogens is 1. The molecule has 1 aliphatic rings. The monoisotopic (exact) mass is 407 g/mol. The summed E-state index contributed by atoms with van der Waals surface area (Å²) in [5.41, 5.74) is 0.897. The van der Waals surface area contributed by atoms with E-state index < -0.39 is 0 Å². The van der Waals surface area contributed by atoms with Crippen LogP contribution in [0.1, 0.15) is 76.6 Å². The van der Waals surface area contributed by atoms with Crippen molar-refractivity contribution in [3.8, 4) is 0 Å². The maximum absolute atomic E-state index is 12.7. The fourth-order valence-electron chi connectivity index (χ4n) is 3.58. The highest BCUT2D eigenvalue weighted by Crippen LogP contribution is 2.24. The van der Waals surface area contributed by atoms with Gasteiger partial charge in [0.2, 0.25) is 5.91 Å². The maximum Gasteiger partial charge on any atom is 0.253 e. The van der Waals surface area contributed by atoms with Crippen LogP contribution in [0.25, 0.3) is 0 Å². The quantitative estimate of drug-likeness (QED) is 0.647. The van der Waals surface area contributed by atoms with Crippen LogP contribution in [0.15, 0.2) is 18.2 Å². The lowest BCUT2D eigenvalue weighted by atomic mass is 9.94. The molecule has 5 nitrogen and oxygen atoms in total. The zero-order chi connectivity index (χ0) is 20.7. The molecule has 0 aliphatic heterocycles. The lowest BCUT2D eigenvalue weighted by molar-refractivity contribution is -0.132.